The number of nitrogens with zero attached hydrogens (tertiary/aromatic N) is 2. The van der Waals surface area contributed by atoms with Crippen molar-refractivity contribution in [2.45, 2.75) is 6.36 Å². The number of halogens is 5. The molecule has 0 amide bonds. The van der Waals surface area contributed by atoms with Gasteiger partial charge in [-0.2, -0.15) is 10.2 Å². The maximum atomic E-state index is 11.8. The van der Waals surface area contributed by atoms with Gasteiger partial charge in [-0.1, -0.05) is 23.2 Å². The first-order valence-electron chi connectivity index (χ1n) is 3.35. The molecule has 0 aromatic carbocycles. The minimum Gasteiger partial charge on any atom is -0.386 e. The van der Waals surface area contributed by atoms with Crippen molar-refractivity contribution in [3.05, 3.63) is 21.8 Å². The normalized spacial score (nSPS) is 10.9. The molecule has 1 aromatic heterocycles. The molecular weight excluding hydrogens is 256 g/mol. The van der Waals surface area contributed by atoms with Gasteiger partial charge in [0.15, 0.2) is 0 Å². The summed E-state index contributed by atoms with van der Waals surface area (Å²) >= 11 is 10.8. The number of nitriles is 1. The van der Waals surface area contributed by atoms with Crippen LogP contribution < -0.4 is 4.74 Å². The van der Waals surface area contributed by atoms with Gasteiger partial charge < -0.3 is 4.74 Å². The fraction of sp³-hybridized carbons (Fsp3) is 0.143. The lowest BCUT2D eigenvalue weighted by atomic mass is 10.3. The first-order valence-corrected chi connectivity index (χ1v) is 4.11. The van der Waals surface area contributed by atoms with Crippen LogP contribution in [0.4, 0.5) is 13.2 Å². The minimum atomic E-state index is -4.94. The molecule has 8 heteroatoms. The highest BCUT2D eigenvalue weighted by Gasteiger charge is 2.33. The van der Waals surface area contributed by atoms with Crippen LogP contribution in [-0.4, -0.2) is 11.3 Å². The van der Waals surface area contributed by atoms with Gasteiger partial charge in [0, 0.05) is 0 Å². The molecule has 0 aliphatic heterocycles. The summed E-state index contributed by atoms with van der Waals surface area (Å²) in [6.07, 6.45) is -4.94. The van der Waals surface area contributed by atoms with Gasteiger partial charge in [0.05, 0.1) is 5.56 Å². The Morgan fingerprint density at radius 1 is 1.40 bits per heavy atom. The predicted octanol–water partition coefficient (Wildman–Crippen LogP) is 3.16. The molecule has 0 bridgehead atoms. The van der Waals surface area contributed by atoms with E-state index in [-0.39, 0.29) is 10.7 Å². The van der Waals surface area contributed by atoms with Crippen LogP contribution in [-0.2, 0) is 0 Å². The Bertz CT molecular complexity index is 427. The number of aromatic nitrogens is 1. The van der Waals surface area contributed by atoms with E-state index in [1.54, 1.807) is 6.07 Å². The first-order chi connectivity index (χ1) is 6.83. The lowest BCUT2D eigenvalue weighted by Crippen LogP contribution is -2.18. The highest BCUT2D eigenvalue weighted by atomic mass is 35.5. The van der Waals surface area contributed by atoms with E-state index in [9.17, 15) is 13.2 Å². The smallest absolute Gasteiger partial charge is 0.386 e. The molecule has 0 aliphatic carbocycles. The summed E-state index contributed by atoms with van der Waals surface area (Å²) in [6, 6.07) is 2.59. The quantitative estimate of drug-likeness (QED) is 0.726. The monoisotopic (exact) mass is 256 g/mol. The molecule has 0 spiro atoms. The Balaban J connectivity index is 3.20. The summed E-state index contributed by atoms with van der Waals surface area (Å²) in [5.41, 5.74) is -0.240. The van der Waals surface area contributed by atoms with E-state index in [4.69, 9.17) is 28.5 Å². The Hall–Kier alpha value is -1.19. The molecule has 15 heavy (non-hydrogen) atoms. The van der Waals surface area contributed by atoms with E-state index in [0.717, 1.165) is 6.07 Å². The van der Waals surface area contributed by atoms with Crippen LogP contribution in [0.25, 0.3) is 0 Å². The summed E-state index contributed by atoms with van der Waals surface area (Å²) < 4.78 is 39.0. The van der Waals surface area contributed by atoms with Crippen molar-refractivity contribution in [2.75, 3.05) is 0 Å². The van der Waals surface area contributed by atoms with E-state index in [2.05, 4.69) is 9.72 Å². The van der Waals surface area contributed by atoms with Gasteiger partial charge in [0.2, 0.25) is 5.88 Å². The summed E-state index contributed by atoms with van der Waals surface area (Å²) in [7, 11) is 0. The average Bonchev–Trinajstić information content (AvgIpc) is 2.08. The van der Waals surface area contributed by atoms with Crippen LogP contribution in [0.2, 0.25) is 10.2 Å². The van der Waals surface area contributed by atoms with Crippen molar-refractivity contribution in [2.24, 2.45) is 0 Å². The van der Waals surface area contributed by atoms with Crippen LogP contribution in [0.5, 0.6) is 5.88 Å². The topological polar surface area (TPSA) is 45.9 Å². The number of ether oxygens (including phenoxy) is 1. The van der Waals surface area contributed by atoms with Gasteiger partial charge in [-0.05, 0) is 6.07 Å². The molecule has 0 N–H and O–H groups in total. The Labute approximate surface area is 92.0 Å². The van der Waals surface area contributed by atoms with E-state index in [1.807, 2.05) is 0 Å². The minimum absolute atomic E-state index is 0.240. The maximum Gasteiger partial charge on any atom is 0.574 e. The molecule has 0 radical (unpaired) electrons. The molecular formula is C7HCl2F3N2O. The molecule has 1 rings (SSSR count). The summed E-state index contributed by atoms with van der Waals surface area (Å²) in [5.74, 6) is -0.937. The Kier molecular flexibility index (Phi) is 3.27. The molecule has 0 fully saturated rings. The van der Waals surface area contributed by atoms with Crippen LogP contribution in [0.3, 0.4) is 0 Å². The van der Waals surface area contributed by atoms with Crippen LogP contribution in [0, 0.1) is 11.3 Å². The zero-order valence-corrected chi connectivity index (χ0v) is 8.28. The number of pyridine rings is 1. The van der Waals surface area contributed by atoms with E-state index in [1.165, 1.54) is 0 Å². The van der Waals surface area contributed by atoms with Gasteiger partial charge in [-0.3, -0.25) is 0 Å². The van der Waals surface area contributed by atoms with Crippen molar-refractivity contribution in [1.29, 1.82) is 5.26 Å². The Morgan fingerprint density at radius 3 is 2.47 bits per heavy atom. The standard InChI is InChI=1S/C7HCl2F3N2O/c8-4-1-3(2-13)5(9)6(14-4)15-7(10,11)12/h1H. The molecule has 80 valence electrons. The molecule has 1 heterocycles. The fourth-order valence-corrected chi connectivity index (χ4v) is 1.10. The summed E-state index contributed by atoms with van der Waals surface area (Å²) in [4.78, 5) is 3.21. The lowest BCUT2D eigenvalue weighted by Gasteiger charge is -2.09. The first kappa shape index (κ1) is 11.9. The number of hydrogen-bond acceptors (Lipinski definition) is 3. The molecule has 0 saturated heterocycles. The van der Waals surface area contributed by atoms with E-state index >= 15 is 0 Å². The molecule has 0 aliphatic rings. The summed E-state index contributed by atoms with van der Waals surface area (Å²) in [6.45, 7) is 0. The van der Waals surface area contributed by atoms with Crippen molar-refractivity contribution in [1.82, 2.24) is 4.98 Å². The average molecular weight is 257 g/mol. The zero-order chi connectivity index (χ0) is 11.6. The van der Waals surface area contributed by atoms with Crippen molar-refractivity contribution < 1.29 is 17.9 Å². The largest absolute Gasteiger partial charge is 0.574 e. The van der Waals surface area contributed by atoms with Crippen molar-refractivity contribution in [3.63, 3.8) is 0 Å². The summed E-state index contributed by atoms with van der Waals surface area (Å²) in [5, 5.41) is 7.67. The highest BCUT2D eigenvalue weighted by molar-refractivity contribution is 6.34. The van der Waals surface area contributed by atoms with E-state index < -0.39 is 17.3 Å². The third-order valence-corrected chi connectivity index (χ3v) is 1.79. The molecule has 0 unspecified atom stereocenters. The second kappa shape index (κ2) is 4.13. The van der Waals surface area contributed by atoms with Gasteiger partial charge in [0.25, 0.3) is 0 Å². The maximum absolute atomic E-state index is 11.8. The number of rotatable bonds is 1. The number of hydrogen-bond donors (Lipinski definition) is 0. The molecule has 0 saturated carbocycles. The van der Waals surface area contributed by atoms with E-state index in [0.29, 0.717) is 0 Å². The predicted molar refractivity (Wildman–Crippen MR) is 45.7 cm³/mol. The second-order valence-electron chi connectivity index (χ2n) is 2.27. The van der Waals surface area contributed by atoms with Crippen molar-refractivity contribution in [3.8, 4) is 11.9 Å². The Morgan fingerprint density at radius 2 is 2.00 bits per heavy atom. The van der Waals surface area contributed by atoms with Gasteiger partial charge in [-0.15, -0.1) is 13.2 Å². The van der Waals surface area contributed by atoms with Crippen LogP contribution in [0.15, 0.2) is 6.07 Å². The van der Waals surface area contributed by atoms with Crippen LogP contribution >= 0.6 is 23.2 Å². The molecule has 0 atom stereocenters. The second-order valence-corrected chi connectivity index (χ2v) is 3.04. The zero-order valence-electron chi connectivity index (χ0n) is 6.77. The fourth-order valence-electron chi connectivity index (χ4n) is 0.735. The van der Waals surface area contributed by atoms with Crippen LogP contribution in [0.1, 0.15) is 5.56 Å². The lowest BCUT2D eigenvalue weighted by molar-refractivity contribution is -0.276. The third-order valence-electron chi connectivity index (χ3n) is 1.23. The van der Waals surface area contributed by atoms with Gasteiger partial charge >= 0.3 is 6.36 Å². The number of alkyl halides is 3. The van der Waals surface area contributed by atoms with Gasteiger partial charge in [-0.25, -0.2) is 0 Å². The molecule has 1 aromatic rings. The van der Waals surface area contributed by atoms with Crippen molar-refractivity contribution >= 4 is 23.2 Å². The third kappa shape index (κ3) is 3.15. The highest BCUT2D eigenvalue weighted by Crippen LogP contribution is 2.32. The van der Waals surface area contributed by atoms with Gasteiger partial charge in [0.1, 0.15) is 16.2 Å². The molecule has 3 nitrogen and oxygen atoms in total. The SMILES string of the molecule is N#Cc1cc(Cl)nc(OC(F)(F)F)c1Cl.